The van der Waals surface area contributed by atoms with Gasteiger partial charge in [-0.1, -0.05) is 90.0 Å². The van der Waals surface area contributed by atoms with Crippen LogP contribution < -0.4 is 0 Å². The molecule has 3 aromatic rings. The summed E-state index contributed by atoms with van der Waals surface area (Å²) in [5, 5.41) is 0. The SMILES string of the molecule is Cc1ccc(C(OCCN2CCSC(=Cc3ccccc3)C2=O)c2ccc(C)cc2)cc1. The first-order valence-electron chi connectivity index (χ1n) is 11.0. The molecule has 0 aromatic heterocycles. The van der Waals surface area contributed by atoms with Crippen LogP contribution in [0.1, 0.15) is 33.9 Å². The van der Waals surface area contributed by atoms with Crippen LogP contribution in [0.2, 0.25) is 0 Å². The van der Waals surface area contributed by atoms with Crippen molar-refractivity contribution < 1.29 is 9.53 Å². The van der Waals surface area contributed by atoms with Crippen LogP contribution in [0, 0.1) is 13.8 Å². The van der Waals surface area contributed by atoms with E-state index in [1.165, 1.54) is 11.1 Å². The van der Waals surface area contributed by atoms with Crippen molar-refractivity contribution in [2.45, 2.75) is 20.0 Å². The fourth-order valence-corrected chi connectivity index (χ4v) is 4.75. The molecule has 3 aromatic carbocycles. The van der Waals surface area contributed by atoms with Crippen LogP contribution in [-0.4, -0.2) is 36.3 Å². The number of thioether (sulfide) groups is 1. The maximum Gasteiger partial charge on any atom is 0.260 e. The van der Waals surface area contributed by atoms with Crippen molar-refractivity contribution in [2.75, 3.05) is 25.4 Å². The average molecular weight is 444 g/mol. The first-order valence-corrected chi connectivity index (χ1v) is 12.0. The highest BCUT2D eigenvalue weighted by atomic mass is 32.2. The fraction of sp³-hybridized carbons (Fsp3) is 0.250. The van der Waals surface area contributed by atoms with Crippen LogP contribution in [0.4, 0.5) is 0 Å². The highest BCUT2D eigenvalue weighted by molar-refractivity contribution is 8.04. The lowest BCUT2D eigenvalue weighted by Crippen LogP contribution is -2.39. The third-order valence-corrected chi connectivity index (χ3v) is 6.61. The summed E-state index contributed by atoms with van der Waals surface area (Å²) in [7, 11) is 0. The number of hydrogen-bond donors (Lipinski definition) is 0. The lowest BCUT2D eigenvalue weighted by Gasteiger charge is -2.29. The minimum atomic E-state index is -0.148. The van der Waals surface area contributed by atoms with E-state index in [2.05, 4.69) is 62.4 Å². The van der Waals surface area contributed by atoms with Gasteiger partial charge in [-0.25, -0.2) is 0 Å². The predicted molar refractivity (Wildman–Crippen MR) is 134 cm³/mol. The molecule has 4 heteroatoms. The topological polar surface area (TPSA) is 29.5 Å². The van der Waals surface area contributed by atoms with Crippen molar-refractivity contribution in [3.8, 4) is 0 Å². The third kappa shape index (κ3) is 5.70. The smallest absolute Gasteiger partial charge is 0.260 e. The van der Waals surface area contributed by atoms with Crippen LogP contribution in [0.5, 0.6) is 0 Å². The molecule has 3 nitrogen and oxygen atoms in total. The Hall–Kier alpha value is -2.82. The second-order valence-corrected chi connectivity index (χ2v) is 9.27. The Morgan fingerprint density at radius 2 is 1.50 bits per heavy atom. The normalized spacial score (nSPS) is 15.5. The predicted octanol–water partition coefficient (Wildman–Crippen LogP) is 6.03. The van der Waals surface area contributed by atoms with Gasteiger partial charge in [-0.15, -0.1) is 11.8 Å². The summed E-state index contributed by atoms with van der Waals surface area (Å²) in [5.74, 6) is 1.000. The first kappa shape index (κ1) is 22.4. The third-order valence-electron chi connectivity index (χ3n) is 5.62. The summed E-state index contributed by atoms with van der Waals surface area (Å²) in [6.07, 6.45) is 1.84. The zero-order chi connectivity index (χ0) is 22.3. The van der Waals surface area contributed by atoms with Gasteiger partial charge in [-0.3, -0.25) is 4.79 Å². The van der Waals surface area contributed by atoms with Gasteiger partial charge in [0, 0.05) is 18.8 Å². The largest absolute Gasteiger partial charge is 0.367 e. The summed E-state index contributed by atoms with van der Waals surface area (Å²) in [5.41, 5.74) is 5.77. The fourth-order valence-electron chi connectivity index (χ4n) is 3.75. The van der Waals surface area contributed by atoms with Crippen LogP contribution >= 0.6 is 11.8 Å². The van der Waals surface area contributed by atoms with E-state index in [1.54, 1.807) is 11.8 Å². The Morgan fingerprint density at radius 3 is 2.09 bits per heavy atom. The van der Waals surface area contributed by atoms with Crippen molar-refractivity contribution in [3.05, 3.63) is 112 Å². The van der Waals surface area contributed by atoms with Crippen molar-refractivity contribution in [3.63, 3.8) is 0 Å². The van der Waals surface area contributed by atoms with E-state index in [-0.39, 0.29) is 12.0 Å². The Labute approximate surface area is 195 Å². The van der Waals surface area contributed by atoms with Crippen LogP contribution in [0.3, 0.4) is 0 Å². The summed E-state index contributed by atoms with van der Waals surface area (Å²) in [6, 6.07) is 27.0. The van der Waals surface area contributed by atoms with Crippen molar-refractivity contribution in [2.24, 2.45) is 0 Å². The van der Waals surface area contributed by atoms with Gasteiger partial charge in [0.2, 0.25) is 0 Å². The second kappa shape index (κ2) is 10.7. The number of amides is 1. The summed E-state index contributed by atoms with van der Waals surface area (Å²) in [6.45, 7) is 6.00. The summed E-state index contributed by atoms with van der Waals surface area (Å²) < 4.78 is 6.38. The molecule has 164 valence electrons. The number of rotatable bonds is 7. The Morgan fingerprint density at radius 1 is 0.906 bits per heavy atom. The van der Waals surface area contributed by atoms with Gasteiger partial charge in [0.1, 0.15) is 6.10 Å². The number of hydrogen-bond acceptors (Lipinski definition) is 3. The van der Waals surface area contributed by atoms with E-state index in [0.29, 0.717) is 13.2 Å². The molecule has 0 N–H and O–H groups in total. The van der Waals surface area contributed by atoms with Crippen molar-refractivity contribution in [1.82, 2.24) is 4.90 Å². The molecular weight excluding hydrogens is 414 g/mol. The molecule has 0 saturated carbocycles. The molecule has 1 amide bonds. The number of nitrogens with zero attached hydrogens (tertiary/aromatic N) is 1. The van der Waals surface area contributed by atoms with Crippen LogP contribution in [0.25, 0.3) is 6.08 Å². The molecule has 0 atom stereocenters. The van der Waals surface area contributed by atoms with E-state index in [0.717, 1.165) is 33.9 Å². The minimum absolute atomic E-state index is 0.0934. The number of ether oxygens (including phenoxy) is 1. The summed E-state index contributed by atoms with van der Waals surface area (Å²) in [4.78, 5) is 15.7. The lowest BCUT2D eigenvalue weighted by molar-refractivity contribution is -0.127. The molecule has 0 aliphatic carbocycles. The van der Waals surface area contributed by atoms with Gasteiger partial charge in [-0.05, 0) is 36.6 Å². The monoisotopic (exact) mass is 443 g/mol. The molecule has 1 saturated heterocycles. The van der Waals surface area contributed by atoms with Gasteiger partial charge in [0.05, 0.1) is 11.5 Å². The molecule has 0 bridgehead atoms. The zero-order valence-electron chi connectivity index (χ0n) is 18.7. The van der Waals surface area contributed by atoms with E-state index in [4.69, 9.17) is 4.74 Å². The highest BCUT2D eigenvalue weighted by Crippen LogP contribution is 2.28. The molecule has 1 heterocycles. The number of carbonyl (C=O) groups excluding carboxylic acids is 1. The number of aryl methyl sites for hydroxylation is 2. The van der Waals surface area contributed by atoms with Gasteiger partial charge in [0.15, 0.2) is 0 Å². The van der Waals surface area contributed by atoms with E-state index < -0.39 is 0 Å². The zero-order valence-corrected chi connectivity index (χ0v) is 19.5. The van der Waals surface area contributed by atoms with Gasteiger partial charge in [0.25, 0.3) is 5.91 Å². The molecule has 4 rings (SSSR count). The number of carbonyl (C=O) groups is 1. The lowest BCUT2D eigenvalue weighted by atomic mass is 9.99. The molecule has 0 unspecified atom stereocenters. The average Bonchev–Trinajstić information content (AvgIpc) is 2.81. The van der Waals surface area contributed by atoms with Crippen molar-refractivity contribution in [1.29, 1.82) is 0 Å². The Balaban J connectivity index is 1.44. The highest BCUT2D eigenvalue weighted by Gasteiger charge is 2.24. The molecule has 1 aliphatic heterocycles. The maximum absolute atomic E-state index is 13.0. The van der Waals surface area contributed by atoms with Gasteiger partial charge >= 0.3 is 0 Å². The molecule has 1 fully saturated rings. The number of benzene rings is 3. The molecule has 1 aliphatic rings. The quantitative estimate of drug-likeness (QED) is 0.418. The van der Waals surface area contributed by atoms with E-state index in [9.17, 15) is 4.79 Å². The Kier molecular flexibility index (Phi) is 7.46. The summed E-state index contributed by atoms with van der Waals surface area (Å²) >= 11 is 1.64. The Bertz CT molecular complexity index is 1010. The molecule has 0 radical (unpaired) electrons. The molecule has 0 spiro atoms. The molecule has 32 heavy (non-hydrogen) atoms. The van der Waals surface area contributed by atoms with E-state index in [1.807, 2.05) is 41.3 Å². The van der Waals surface area contributed by atoms with E-state index >= 15 is 0 Å². The van der Waals surface area contributed by atoms with Gasteiger partial charge < -0.3 is 9.64 Å². The maximum atomic E-state index is 13.0. The standard InChI is InChI=1S/C28H29NO2S/c1-21-8-12-24(13-9-21)27(25-14-10-22(2)11-15-25)31-18-16-29-17-19-32-26(28(29)30)20-23-6-4-3-5-7-23/h3-15,20,27H,16-19H2,1-2H3. The first-order chi connectivity index (χ1) is 15.6. The van der Waals surface area contributed by atoms with Gasteiger partial charge in [-0.2, -0.15) is 0 Å². The minimum Gasteiger partial charge on any atom is -0.367 e. The second-order valence-electron chi connectivity index (χ2n) is 8.13. The van der Waals surface area contributed by atoms with Crippen molar-refractivity contribution >= 4 is 23.7 Å². The van der Waals surface area contributed by atoms with Crippen LogP contribution in [0.15, 0.2) is 83.8 Å². The van der Waals surface area contributed by atoms with Crippen LogP contribution in [-0.2, 0) is 9.53 Å². The molecular formula is C28H29NO2S.